The predicted molar refractivity (Wildman–Crippen MR) is 73.5 cm³/mol. The molecule has 0 aromatic heterocycles. The van der Waals surface area contributed by atoms with Gasteiger partial charge in [-0.15, -0.1) is 0 Å². The van der Waals surface area contributed by atoms with Gasteiger partial charge in [-0.2, -0.15) is 0 Å². The molecule has 0 unspecified atom stereocenters. The molecule has 92 valence electrons. The second-order valence-electron chi connectivity index (χ2n) is 3.62. The Hall–Kier alpha value is -1.39. The molecule has 18 heavy (non-hydrogen) atoms. The Labute approximate surface area is 117 Å². The lowest BCUT2D eigenvalue weighted by molar-refractivity contribution is 0.102. The van der Waals surface area contributed by atoms with Gasteiger partial charge >= 0.3 is 0 Å². The number of carbonyl (C=O) groups excluding carboxylic acids is 1. The van der Waals surface area contributed by atoms with Gasteiger partial charge in [0, 0.05) is 20.7 Å². The average Bonchev–Trinajstić information content (AvgIpc) is 2.27. The fraction of sp³-hybridized carbons (Fsp3) is 0. The average molecular weight is 329 g/mol. The van der Waals surface area contributed by atoms with E-state index in [4.69, 9.17) is 11.6 Å². The molecule has 0 aliphatic rings. The number of hydrogen-bond donors (Lipinski definition) is 1. The van der Waals surface area contributed by atoms with E-state index in [1.165, 1.54) is 18.2 Å². The molecule has 2 aromatic rings. The lowest BCUT2D eigenvalue weighted by Gasteiger charge is -2.06. The summed E-state index contributed by atoms with van der Waals surface area (Å²) in [5.41, 5.74) is 0.801. The van der Waals surface area contributed by atoms with Crippen LogP contribution in [0.3, 0.4) is 0 Å². The van der Waals surface area contributed by atoms with E-state index in [0.29, 0.717) is 11.3 Å². The van der Waals surface area contributed by atoms with Gasteiger partial charge in [-0.3, -0.25) is 4.79 Å². The van der Waals surface area contributed by atoms with E-state index in [-0.39, 0.29) is 10.9 Å². The third-order valence-electron chi connectivity index (χ3n) is 2.21. The number of rotatable bonds is 2. The van der Waals surface area contributed by atoms with Crippen LogP contribution in [-0.4, -0.2) is 5.91 Å². The van der Waals surface area contributed by atoms with Crippen molar-refractivity contribution in [2.24, 2.45) is 0 Å². The zero-order chi connectivity index (χ0) is 13.1. The van der Waals surface area contributed by atoms with Crippen LogP contribution < -0.4 is 5.32 Å². The smallest absolute Gasteiger partial charge is 0.255 e. The molecule has 0 saturated carbocycles. The normalized spacial score (nSPS) is 10.2. The monoisotopic (exact) mass is 327 g/mol. The first-order chi connectivity index (χ1) is 8.54. The lowest BCUT2D eigenvalue weighted by atomic mass is 10.2. The third-order valence-corrected chi connectivity index (χ3v) is 2.92. The molecule has 0 aliphatic heterocycles. The van der Waals surface area contributed by atoms with E-state index in [1.54, 1.807) is 18.2 Å². The highest BCUT2D eigenvalue weighted by Gasteiger charge is 2.07. The minimum absolute atomic E-state index is 0.236. The zero-order valence-electron chi connectivity index (χ0n) is 9.08. The van der Waals surface area contributed by atoms with Crippen LogP contribution in [-0.2, 0) is 0 Å². The summed E-state index contributed by atoms with van der Waals surface area (Å²) in [6, 6.07) is 10.8. The molecule has 0 spiro atoms. The van der Waals surface area contributed by atoms with Crippen LogP contribution in [0.4, 0.5) is 10.1 Å². The van der Waals surface area contributed by atoms with E-state index >= 15 is 0 Å². The molecular formula is C13H8BrClFNO. The second kappa shape index (κ2) is 5.50. The number of hydrogen-bond acceptors (Lipinski definition) is 1. The molecule has 1 N–H and O–H groups in total. The maximum Gasteiger partial charge on any atom is 0.255 e. The number of benzene rings is 2. The van der Waals surface area contributed by atoms with Crippen LogP contribution in [0.25, 0.3) is 0 Å². The van der Waals surface area contributed by atoms with Crippen LogP contribution in [0.5, 0.6) is 0 Å². The number of halogens is 3. The Morgan fingerprint density at radius 3 is 2.67 bits per heavy atom. The third kappa shape index (κ3) is 3.31. The summed E-state index contributed by atoms with van der Waals surface area (Å²) in [4.78, 5) is 11.9. The number of anilines is 1. The molecule has 2 rings (SSSR count). The summed E-state index contributed by atoms with van der Waals surface area (Å²) >= 11 is 8.98. The maximum absolute atomic E-state index is 13.1. The van der Waals surface area contributed by atoms with E-state index in [2.05, 4.69) is 21.2 Å². The highest BCUT2D eigenvalue weighted by Crippen LogP contribution is 2.19. The first-order valence-electron chi connectivity index (χ1n) is 5.07. The van der Waals surface area contributed by atoms with Crippen molar-refractivity contribution in [2.75, 3.05) is 5.32 Å². The number of nitrogens with one attached hydrogen (secondary N) is 1. The SMILES string of the molecule is O=C(Nc1cc(F)cc(Cl)c1)c1cccc(Br)c1. The van der Waals surface area contributed by atoms with Gasteiger partial charge in [-0.05, 0) is 36.4 Å². The van der Waals surface area contributed by atoms with Crippen molar-refractivity contribution in [3.8, 4) is 0 Å². The van der Waals surface area contributed by atoms with Gasteiger partial charge in [-0.25, -0.2) is 4.39 Å². The Morgan fingerprint density at radius 2 is 2.00 bits per heavy atom. The molecule has 0 saturated heterocycles. The fourth-order valence-electron chi connectivity index (χ4n) is 1.46. The van der Waals surface area contributed by atoms with E-state index in [0.717, 1.165) is 4.47 Å². The van der Waals surface area contributed by atoms with Crippen molar-refractivity contribution in [1.82, 2.24) is 0 Å². The molecule has 0 bridgehead atoms. The first kappa shape index (κ1) is 13.1. The molecule has 5 heteroatoms. The van der Waals surface area contributed by atoms with Crippen molar-refractivity contribution >= 4 is 39.1 Å². The summed E-state index contributed by atoms with van der Waals surface area (Å²) in [6.07, 6.45) is 0. The van der Waals surface area contributed by atoms with E-state index < -0.39 is 5.82 Å². The summed E-state index contributed by atoms with van der Waals surface area (Å²) in [7, 11) is 0. The van der Waals surface area contributed by atoms with Crippen LogP contribution >= 0.6 is 27.5 Å². The van der Waals surface area contributed by atoms with Gasteiger partial charge in [0.25, 0.3) is 5.91 Å². The van der Waals surface area contributed by atoms with Crippen molar-refractivity contribution in [1.29, 1.82) is 0 Å². The topological polar surface area (TPSA) is 29.1 Å². The molecule has 0 aliphatic carbocycles. The summed E-state index contributed by atoms with van der Waals surface area (Å²) in [5, 5.41) is 2.82. The highest BCUT2D eigenvalue weighted by molar-refractivity contribution is 9.10. The Kier molecular flexibility index (Phi) is 3.99. The minimum Gasteiger partial charge on any atom is -0.322 e. The Morgan fingerprint density at radius 1 is 1.22 bits per heavy atom. The number of amides is 1. The van der Waals surface area contributed by atoms with Crippen molar-refractivity contribution in [3.05, 3.63) is 63.3 Å². The maximum atomic E-state index is 13.1. The highest BCUT2D eigenvalue weighted by atomic mass is 79.9. The van der Waals surface area contributed by atoms with Gasteiger partial charge < -0.3 is 5.32 Å². The molecule has 0 radical (unpaired) electrons. The molecule has 1 amide bonds. The standard InChI is InChI=1S/C13H8BrClFNO/c14-9-3-1-2-8(4-9)13(18)17-12-6-10(15)5-11(16)7-12/h1-7H,(H,17,18). The quantitative estimate of drug-likeness (QED) is 0.864. The lowest BCUT2D eigenvalue weighted by Crippen LogP contribution is -2.11. The first-order valence-corrected chi connectivity index (χ1v) is 6.25. The molecule has 2 nitrogen and oxygen atoms in total. The zero-order valence-corrected chi connectivity index (χ0v) is 11.4. The van der Waals surface area contributed by atoms with Gasteiger partial charge in [0.2, 0.25) is 0 Å². The van der Waals surface area contributed by atoms with Gasteiger partial charge in [0.05, 0.1) is 0 Å². The van der Waals surface area contributed by atoms with Crippen LogP contribution in [0.2, 0.25) is 5.02 Å². The van der Waals surface area contributed by atoms with E-state index in [1.807, 2.05) is 6.07 Å². The predicted octanol–water partition coefficient (Wildman–Crippen LogP) is 4.49. The van der Waals surface area contributed by atoms with Crippen molar-refractivity contribution in [2.45, 2.75) is 0 Å². The number of carbonyl (C=O) groups is 1. The largest absolute Gasteiger partial charge is 0.322 e. The van der Waals surface area contributed by atoms with Crippen molar-refractivity contribution < 1.29 is 9.18 Å². The summed E-state index contributed by atoms with van der Waals surface area (Å²) in [5.74, 6) is -0.815. The molecule has 2 aromatic carbocycles. The van der Waals surface area contributed by atoms with Gasteiger partial charge in [-0.1, -0.05) is 33.6 Å². The van der Waals surface area contributed by atoms with Gasteiger partial charge in [0.1, 0.15) is 5.82 Å². The minimum atomic E-state index is -0.493. The molecule has 0 heterocycles. The van der Waals surface area contributed by atoms with Gasteiger partial charge in [0.15, 0.2) is 0 Å². The summed E-state index contributed by atoms with van der Waals surface area (Å²) in [6.45, 7) is 0. The van der Waals surface area contributed by atoms with Crippen molar-refractivity contribution in [3.63, 3.8) is 0 Å². The molecular weight excluding hydrogens is 321 g/mol. The Bertz CT molecular complexity index is 583. The van der Waals surface area contributed by atoms with Crippen LogP contribution in [0, 0.1) is 5.82 Å². The molecule has 0 atom stereocenters. The Balaban J connectivity index is 2.21. The fourth-order valence-corrected chi connectivity index (χ4v) is 2.08. The second-order valence-corrected chi connectivity index (χ2v) is 4.97. The van der Waals surface area contributed by atoms with Crippen LogP contribution in [0.1, 0.15) is 10.4 Å². The molecule has 0 fully saturated rings. The van der Waals surface area contributed by atoms with E-state index in [9.17, 15) is 9.18 Å². The van der Waals surface area contributed by atoms with Crippen LogP contribution in [0.15, 0.2) is 46.9 Å². The summed E-state index contributed by atoms with van der Waals surface area (Å²) < 4.78 is 13.9.